The van der Waals surface area contributed by atoms with E-state index in [1.807, 2.05) is 11.9 Å². The minimum atomic E-state index is -0.692. The topological polar surface area (TPSA) is 66.6 Å². The lowest BCUT2D eigenvalue weighted by Gasteiger charge is -2.32. The summed E-state index contributed by atoms with van der Waals surface area (Å²) in [6, 6.07) is 5.39. The van der Waals surface area contributed by atoms with Crippen molar-refractivity contribution < 1.29 is 10.0 Å². The molecule has 2 rings (SSSR count). The Hall–Kier alpha value is -1.62. The Morgan fingerprint density at radius 2 is 2.00 bits per heavy atom. The molecule has 1 aromatic rings. The Morgan fingerprint density at radius 3 is 2.55 bits per heavy atom. The summed E-state index contributed by atoms with van der Waals surface area (Å²) in [5.74, 6) is 0. The molecule has 0 heterocycles. The van der Waals surface area contributed by atoms with Crippen LogP contribution in [-0.2, 0) is 0 Å². The molecule has 0 radical (unpaired) electrons. The third-order valence-electron chi connectivity index (χ3n) is 4.18. The number of hydrogen-bond acceptors (Lipinski definition) is 4. The highest BCUT2D eigenvalue weighted by atomic mass is 16.6. The van der Waals surface area contributed by atoms with Gasteiger partial charge in [0.05, 0.1) is 11.0 Å². The highest BCUT2D eigenvalue weighted by Crippen LogP contribution is 2.34. The molecule has 1 atom stereocenters. The van der Waals surface area contributed by atoms with E-state index in [-0.39, 0.29) is 10.6 Å². The van der Waals surface area contributed by atoms with E-state index in [0.717, 1.165) is 12.8 Å². The molecule has 1 aliphatic carbocycles. The first kappa shape index (κ1) is 14.8. The van der Waals surface area contributed by atoms with Gasteiger partial charge in [-0.15, -0.1) is 0 Å². The van der Waals surface area contributed by atoms with Gasteiger partial charge in [-0.3, -0.25) is 10.1 Å². The molecule has 1 fully saturated rings. The van der Waals surface area contributed by atoms with Crippen molar-refractivity contribution in [3.63, 3.8) is 0 Å². The maximum atomic E-state index is 11.3. The number of nitro groups is 1. The molecule has 5 heteroatoms. The number of benzene rings is 1. The van der Waals surface area contributed by atoms with Crippen LogP contribution in [0.4, 0.5) is 11.4 Å². The molecule has 0 unspecified atom stereocenters. The fourth-order valence-electron chi connectivity index (χ4n) is 2.91. The lowest BCUT2D eigenvalue weighted by molar-refractivity contribution is -0.384. The van der Waals surface area contributed by atoms with Gasteiger partial charge in [0.15, 0.2) is 0 Å². The summed E-state index contributed by atoms with van der Waals surface area (Å²) >= 11 is 0. The van der Waals surface area contributed by atoms with Gasteiger partial charge in [-0.2, -0.15) is 0 Å². The van der Waals surface area contributed by atoms with Crippen LogP contribution in [0.3, 0.4) is 0 Å². The second-order valence-corrected chi connectivity index (χ2v) is 5.58. The molecular formula is C15H22N2O3. The minimum Gasteiger partial charge on any atom is -0.389 e. The smallest absolute Gasteiger partial charge is 0.292 e. The second kappa shape index (κ2) is 6.22. The van der Waals surface area contributed by atoms with Crippen LogP contribution in [0.2, 0.25) is 0 Å². The minimum absolute atomic E-state index is 0.0801. The normalized spacial score (nSPS) is 17.8. The summed E-state index contributed by atoms with van der Waals surface area (Å²) in [7, 11) is 1.93. The van der Waals surface area contributed by atoms with Gasteiger partial charge >= 0.3 is 0 Å². The van der Waals surface area contributed by atoms with E-state index in [0.29, 0.717) is 17.3 Å². The lowest BCUT2D eigenvalue weighted by atomic mass is 9.94. The zero-order valence-electron chi connectivity index (χ0n) is 12.1. The largest absolute Gasteiger partial charge is 0.389 e. The van der Waals surface area contributed by atoms with Gasteiger partial charge in [-0.05, 0) is 31.4 Å². The van der Waals surface area contributed by atoms with Crippen LogP contribution in [0.15, 0.2) is 18.2 Å². The highest BCUT2D eigenvalue weighted by Gasteiger charge is 2.25. The molecule has 0 amide bonds. The first-order valence-corrected chi connectivity index (χ1v) is 7.20. The Kier molecular flexibility index (Phi) is 4.60. The summed E-state index contributed by atoms with van der Waals surface area (Å²) in [6.07, 6.45) is 5.12. The molecule has 0 aliphatic heterocycles. The van der Waals surface area contributed by atoms with E-state index < -0.39 is 6.10 Å². The third-order valence-corrected chi connectivity index (χ3v) is 4.18. The van der Waals surface area contributed by atoms with E-state index in [2.05, 4.69) is 0 Å². The zero-order valence-corrected chi connectivity index (χ0v) is 12.1. The fourth-order valence-corrected chi connectivity index (χ4v) is 2.91. The van der Waals surface area contributed by atoms with Crippen LogP contribution in [0.25, 0.3) is 0 Å². The summed E-state index contributed by atoms with van der Waals surface area (Å²) in [5.41, 5.74) is 1.31. The first-order chi connectivity index (χ1) is 9.50. The Labute approximate surface area is 119 Å². The van der Waals surface area contributed by atoms with Crippen LogP contribution in [0.1, 0.15) is 50.7 Å². The highest BCUT2D eigenvalue weighted by molar-refractivity contribution is 5.64. The number of anilines is 1. The van der Waals surface area contributed by atoms with Crippen molar-refractivity contribution in [2.24, 2.45) is 0 Å². The SMILES string of the molecule is C[C@H](O)c1ccc(N(C)C2CCCCC2)c([N+](=O)[O-])c1. The van der Waals surface area contributed by atoms with Crippen molar-refractivity contribution in [1.82, 2.24) is 0 Å². The van der Waals surface area contributed by atoms with E-state index in [4.69, 9.17) is 0 Å². The van der Waals surface area contributed by atoms with Crippen LogP contribution >= 0.6 is 0 Å². The predicted molar refractivity (Wildman–Crippen MR) is 79.0 cm³/mol. The standard InChI is InChI=1S/C15H22N2O3/c1-11(18)12-8-9-14(15(10-12)17(19)20)16(2)13-6-4-3-5-7-13/h8-11,13,18H,3-7H2,1-2H3/t11-/m0/s1. The van der Waals surface area contributed by atoms with Crippen molar-refractivity contribution >= 4 is 11.4 Å². The Morgan fingerprint density at radius 1 is 1.35 bits per heavy atom. The molecule has 0 spiro atoms. The van der Waals surface area contributed by atoms with Crippen LogP contribution in [0.5, 0.6) is 0 Å². The summed E-state index contributed by atoms with van der Waals surface area (Å²) in [5, 5.41) is 20.9. The molecule has 1 aromatic carbocycles. The van der Waals surface area contributed by atoms with E-state index in [1.165, 1.54) is 25.3 Å². The van der Waals surface area contributed by atoms with E-state index in [1.54, 1.807) is 19.1 Å². The summed E-state index contributed by atoms with van der Waals surface area (Å²) in [6.45, 7) is 1.61. The molecule has 1 N–H and O–H groups in total. The molecule has 110 valence electrons. The van der Waals surface area contributed by atoms with Gasteiger partial charge in [-0.1, -0.05) is 25.3 Å². The number of nitrogens with zero attached hydrogens (tertiary/aromatic N) is 2. The van der Waals surface area contributed by atoms with Gasteiger partial charge in [0.25, 0.3) is 5.69 Å². The molecular weight excluding hydrogens is 256 g/mol. The van der Waals surface area contributed by atoms with Crippen LogP contribution in [0, 0.1) is 10.1 Å². The lowest BCUT2D eigenvalue weighted by Crippen LogP contribution is -2.33. The number of aliphatic hydroxyl groups excluding tert-OH is 1. The maximum absolute atomic E-state index is 11.3. The average molecular weight is 278 g/mol. The van der Waals surface area contributed by atoms with Gasteiger partial charge < -0.3 is 10.0 Å². The van der Waals surface area contributed by atoms with Gasteiger partial charge in [0.2, 0.25) is 0 Å². The number of nitro benzene ring substituents is 1. The van der Waals surface area contributed by atoms with Gasteiger partial charge in [-0.25, -0.2) is 0 Å². The van der Waals surface area contributed by atoms with Crippen LogP contribution < -0.4 is 4.90 Å². The van der Waals surface area contributed by atoms with Crippen molar-refractivity contribution in [2.75, 3.05) is 11.9 Å². The number of hydrogen-bond donors (Lipinski definition) is 1. The van der Waals surface area contributed by atoms with Crippen molar-refractivity contribution in [2.45, 2.75) is 51.2 Å². The Bertz CT molecular complexity index is 482. The second-order valence-electron chi connectivity index (χ2n) is 5.58. The summed E-state index contributed by atoms with van der Waals surface area (Å²) in [4.78, 5) is 13.0. The Balaban J connectivity index is 2.31. The number of rotatable bonds is 4. The van der Waals surface area contributed by atoms with Crippen molar-refractivity contribution in [3.8, 4) is 0 Å². The quantitative estimate of drug-likeness (QED) is 0.677. The third kappa shape index (κ3) is 3.10. The molecule has 1 saturated carbocycles. The maximum Gasteiger partial charge on any atom is 0.292 e. The molecule has 5 nitrogen and oxygen atoms in total. The first-order valence-electron chi connectivity index (χ1n) is 7.20. The van der Waals surface area contributed by atoms with E-state index >= 15 is 0 Å². The molecule has 1 aliphatic rings. The van der Waals surface area contributed by atoms with E-state index in [9.17, 15) is 15.2 Å². The molecule has 0 bridgehead atoms. The molecule has 0 saturated heterocycles. The molecule has 0 aromatic heterocycles. The zero-order chi connectivity index (χ0) is 14.7. The number of aliphatic hydroxyl groups is 1. The molecule has 20 heavy (non-hydrogen) atoms. The van der Waals surface area contributed by atoms with Crippen LogP contribution in [-0.4, -0.2) is 23.1 Å². The van der Waals surface area contributed by atoms with Gasteiger partial charge in [0.1, 0.15) is 5.69 Å². The monoisotopic (exact) mass is 278 g/mol. The van der Waals surface area contributed by atoms with Crippen molar-refractivity contribution in [3.05, 3.63) is 33.9 Å². The average Bonchev–Trinajstić information content (AvgIpc) is 2.46. The van der Waals surface area contributed by atoms with Crippen molar-refractivity contribution in [1.29, 1.82) is 0 Å². The predicted octanol–water partition coefficient (Wildman–Crippen LogP) is 3.42. The fraction of sp³-hybridized carbons (Fsp3) is 0.600. The van der Waals surface area contributed by atoms with Gasteiger partial charge in [0, 0.05) is 19.2 Å². The summed E-state index contributed by atoms with van der Waals surface area (Å²) < 4.78 is 0.